The highest BCUT2D eigenvalue weighted by Gasteiger charge is 2.14. The first-order valence-corrected chi connectivity index (χ1v) is 5.67. The van der Waals surface area contributed by atoms with Crippen molar-refractivity contribution in [1.29, 1.82) is 0 Å². The number of nitrogens with zero attached hydrogens (tertiary/aromatic N) is 2. The van der Waals surface area contributed by atoms with Gasteiger partial charge in [0.2, 0.25) is 0 Å². The van der Waals surface area contributed by atoms with E-state index in [4.69, 9.17) is 0 Å². The number of hydrogen-bond acceptors (Lipinski definition) is 2. The van der Waals surface area contributed by atoms with Gasteiger partial charge in [-0.15, -0.1) is 0 Å². The molecule has 0 saturated carbocycles. The molecule has 5 heteroatoms. The summed E-state index contributed by atoms with van der Waals surface area (Å²) < 4.78 is 28.0. The molecule has 0 fully saturated rings. The van der Waals surface area contributed by atoms with E-state index in [1.807, 2.05) is 11.6 Å². The third kappa shape index (κ3) is 2.73. The number of aromatic nitrogens is 2. The minimum atomic E-state index is -0.956. The lowest BCUT2D eigenvalue weighted by Gasteiger charge is -2.11. The Bertz CT molecular complexity index is 540. The van der Waals surface area contributed by atoms with E-state index in [1.54, 1.807) is 12.4 Å². The fraction of sp³-hybridized carbons (Fsp3) is 0.308. The Balaban J connectivity index is 2.03. The molecule has 1 aromatic heterocycles. The Labute approximate surface area is 104 Å². The second-order valence-electron chi connectivity index (χ2n) is 4.17. The molecule has 2 rings (SSSR count). The van der Waals surface area contributed by atoms with Crippen LogP contribution in [0.5, 0.6) is 0 Å². The van der Waals surface area contributed by atoms with Gasteiger partial charge in [-0.2, -0.15) is 0 Å². The number of rotatable bonds is 4. The molecule has 2 aromatic rings. The van der Waals surface area contributed by atoms with Gasteiger partial charge >= 0.3 is 0 Å². The number of imidazole rings is 1. The third-order valence-corrected chi connectivity index (χ3v) is 2.88. The van der Waals surface area contributed by atoms with Crippen LogP contribution in [0.3, 0.4) is 0 Å². The molecule has 0 aliphatic heterocycles. The molecule has 0 bridgehead atoms. The summed E-state index contributed by atoms with van der Waals surface area (Å²) in [7, 11) is 1.85. The van der Waals surface area contributed by atoms with Gasteiger partial charge in [0.25, 0.3) is 0 Å². The fourth-order valence-corrected chi connectivity index (χ4v) is 1.83. The standard InChI is InChI=1S/C13H14F2N2O/c1-17-7-6-16-13(17)5-4-12(18)10-3-2-9(14)8-11(10)15/h2-3,6-8,12,18H,4-5H2,1H3. The van der Waals surface area contributed by atoms with Crippen LogP contribution in [0.4, 0.5) is 8.78 Å². The zero-order chi connectivity index (χ0) is 13.1. The van der Waals surface area contributed by atoms with Crippen LogP contribution in [0.1, 0.15) is 23.9 Å². The van der Waals surface area contributed by atoms with Gasteiger partial charge in [-0.25, -0.2) is 13.8 Å². The molecule has 1 N–H and O–H groups in total. The quantitative estimate of drug-likeness (QED) is 0.907. The molecule has 1 aromatic carbocycles. The van der Waals surface area contributed by atoms with Crippen molar-refractivity contribution in [1.82, 2.24) is 9.55 Å². The summed E-state index contributed by atoms with van der Waals surface area (Å²) in [6.07, 6.45) is 3.39. The molecular formula is C13H14F2N2O. The van der Waals surface area contributed by atoms with E-state index in [0.29, 0.717) is 12.8 Å². The molecule has 0 aliphatic carbocycles. The Morgan fingerprint density at radius 1 is 1.39 bits per heavy atom. The van der Waals surface area contributed by atoms with Crippen LogP contribution in [-0.2, 0) is 13.5 Å². The molecule has 0 aliphatic rings. The summed E-state index contributed by atoms with van der Waals surface area (Å²) in [6.45, 7) is 0. The van der Waals surface area contributed by atoms with Crippen molar-refractivity contribution < 1.29 is 13.9 Å². The first-order chi connectivity index (χ1) is 8.58. The summed E-state index contributed by atoms with van der Waals surface area (Å²) in [5.74, 6) is -0.550. The summed E-state index contributed by atoms with van der Waals surface area (Å²) in [5, 5.41) is 9.88. The zero-order valence-corrected chi connectivity index (χ0v) is 9.98. The lowest BCUT2D eigenvalue weighted by Crippen LogP contribution is -2.05. The van der Waals surface area contributed by atoms with Crippen molar-refractivity contribution in [2.45, 2.75) is 18.9 Å². The van der Waals surface area contributed by atoms with E-state index >= 15 is 0 Å². The Hall–Kier alpha value is -1.75. The van der Waals surface area contributed by atoms with Gasteiger partial charge in [-0.3, -0.25) is 0 Å². The van der Waals surface area contributed by atoms with E-state index in [0.717, 1.165) is 18.0 Å². The van der Waals surface area contributed by atoms with Gasteiger partial charge < -0.3 is 9.67 Å². The van der Waals surface area contributed by atoms with Gasteiger partial charge in [-0.05, 0) is 12.5 Å². The van der Waals surface area contributed by atoms with E-state index in [1.165, 1.54) is 6.07 Å². The van der Waals surface area contributed by atoms with Crippen molar-refractivity contribution in [2.24, 2.45) is 7.05 Å². The summed E-state index contributed by atoms with van der Waals surface area (Å²) in [6, 6.07) is 3.19. The molecule has 1 heterocycles. The van der Waals surface area contributed by atoms with Crippen LogP contribution in [0.15, 0.2) is 30.6 Å². The number of halogens is 2. The molecule has 0 amide bonds. The Kier molecular flexibility index (Phi) is 3.72. The highest BCUT2D eigenvalue weighted by molar-refractivity contribution is 5.21. The van der Waals surface area contributed by atoms with Crippen LogP contribution >= 0.6 is 0 Å². The molecular weight excluding hydrogens is 238 g/mol. The Morgan fingerprint density at radius 2 is 2.17 bits per heavy atom. The Morgan fingerprint density at radius 3 is 2.78 bits per heavy atom. The monoisotopic (exact) mass is 252 g/mol. The first-order valence-electron chi connectivity index (χ1n) is 5.67. The maximum Gasteiger partial charge on any atom is 0.131 e. The van der Waals surface area contributed by atoms with Gasteiger partial charge in [0, 0.05) is 37.5 Å². The first kappa shape index (κ1) is 12.7. The van der Waals surface area contributed by atoms with Crippen molar-refractivity contribution in [3.8, 4) is 0 Å². The van der Waals surface area contributed by atoms with Crippen LogP contribution in [0.2, 0.25) is 0 Å². The number of benzene rings is 1. The fourth-order valence-electron chi connectivity index (χ4n) is 1.83. The SMILES string of the molecule is Cn1ccnc1CCC(O)c1ccc(F)cc1F. The molecule has 18 heavy (non-hydrogen) atoms. The lowest BCUT2D eigenvalue weighted by atomic mass is 10.0. The molecule has 1 unspecified atom stereocenters. The molecule has 3 nitrogen and oxygen atoms in total. The molecule has 1 atom stereocenters. The molecule has 0 radical (unpaired) electrons. The van der Waals surface area contributed by atoms with Crippen LogP contribution in [0, 0.1) is 11.6 Å². The summed E-state index contributed by atoms with van der Waals surface area (Å²) >= 11 is 0. The van der Waals surface area contributed by atoms with E-state index in [-0.39, 0.29) is 5.56 Å². The highest BCUT2D eigenvalue weighted by atomic mass is 19.1. The summed E-state index contributed by atoms with van der Waals surface area (Å²) in [5.41, 5.74) is 0.116. The average molecular weight is 252 g/mol. The van der Waals surface area contributed by atoms with Crippen molar-refractivity contribution in [3.05, 3.63) is 53.6 Å². The maximum atomic E-state index is 13.4. The number of aliphatic hydroxyl groups is 1. The van der Waals surface area contributed by atoms with E-state index in [2.05, 4.69) is 4.98 Å². The highest BCUT2D eigenvalue weighted by Crippen LogP contribution is 2.22. The van der Waals surface area contributed by atoms with Gasteiger partial charge in [0.15, 0.2) is 0 Å². The van der Waals surface area contributed by atoms with Crippen LogP contribution in [0.25, 0.3) is 0 Å². The number of aryl methyl sites for hydroxylation is 2. The molecule has 0 spiro atoms. The number of aliphatic hydroxyl groups excluding tert-OH is 1. The average Bonchev–Trinajstić information content (AvgIpc) is 2.72. The topological polar surface area (TPSA) is 38.0 Å². The second-order valence-corrected chi connectivity index (χ2v) is 4.17. The van der Waals surface area contributed by atoms with Crippen molar-refractivity contribution in [2.75, 3.05) is 0 Å². The van der Waals surface area contributed by atoms with E-state index in [9.17, 15) is 13.9 Å². The molecule has 96 valence electrons. The minimum Gasteiger partial charge on any atom is -0.388 e. The number of hydrogen-bond donors (Lipinski definition) is 1. The smallest absolute Gasteiger partial charge is 0.131 e. The van der Waals surface area contributed by atoms with Crippen LogP contribution < -0.4 is 0 Å². The predicted molar refractivity (Wildman–Crippen MR) is 62.8 cm³/mol. The maximum absolute atomic E-state index is 13.4. The van der Waals surface area contributed by atoms with E-state index < -0.39 is 17.7 Å². The van der Waals surface area contributed by atoms with Crippen molar-refractivity contribution in [3.63, 3.8) is 0 Å². The van der Waals surface area contributed by atoms with Gasteiger partial charge in [0.05, 0.1) is 6.10 Å². The van der Waals surface area contributed by atoms with Crippen molar-refractivity contribution >= 4 is 0 Å². The normalized spacial score (nSPS) is 12.7. The third-order valence-electron chi connectivity index (χ3n) is 2.88. The lowest BCUT2D eigenvalue weighted by molar-refractivity contribution is 0.162. The predicted octanol–water partition coefficient (Wildman–Crippen LogP) is 2.36. The largest absolute Gasteiger partial charge is 0.388 e. The molecule has 0 saturated heterocycles. The zero-order valence-electron chi connectivity index (χ0n) is 9.98. The second kappa shape index (κ2) is 5.27. The van der Waals surface area contributed by atoms with Gasteiger partial charge in [0.1, 0.15) is 17.5 Å². The minimum absolute atomic E-state index is 0.116. The van der Waals surface area contributed by atoms with Gasteiger partial charge in [-0.1, -0.05) is 6.07 Å². The summed E-state index contributed by atoms with van der Waals surface area (Å²) in [4.78, 5) is 4.12. The van der Waals surface area contributed by atoms with Crippen LogP contribution in [-0.4, -0.2) is 14.7 Å².